The van der Waals surface area contributed by atoms with E-state index in [1.807, 2.05) is 0 Å². The van der Waals surface area contributed by atoms with Crippen molar-refractivity contribution in [1.82, 2.24) is 10.2 Å². The van der Waals surface area contributed by atoms with Crippen LogP contribution in [0.1, 0.15) is 5.56 Å². The van der Waals surface area contributed by atoms with Gasteiger partial charge in [-0.15, -0.1) is 0 Å². The largest absolute Gasteiger partial charge is 0.497 e. The van der Waals surface area contributed by atoms with Crippen molar-refractivity contribution in [2.24, 2.45) is 0 Å². The number of non-ortho nitro benzene ring substituents is 1. The highest BCUT2D eigenvalue weighted by atomic mass is 32.2. The summed E-state index contributed by atoms with van der Waals surface area (Å²) in [5.41, 5.74) is 0.869. The van der Waals surface area contributed by atoms with Crippen LogP contribution in [0.15, 0.2) is 60.7 Å². The summed E-state index contributed by atoms with van der Waals surface area (Å²) in [6, 6.07) is 9.84. The molecule has 0 saturated carbocycles. The van der Waals surface area contributed by atoms with Gasteiger partial charge in [0.15, 0.2) is 12.6 Å². The number of hydrogen-bond acceptors (Lipinski definition) is 9. The summed E-state index contributed by atoms with van der Waals surface area (Å²) in [7, 11) is -0.0515. The second kappa shape index (κ2) is 10.8. The molecule has 0 bridgehead atoms. The molecule has 0 spiro atoms. The minimum absolute atomic E-state index is 0.0254. The average molecular weight is 530 g/mol. The fourth-order valence-electron chi connectivity index (χ4n) is 3.98. The number of esters is 1. The third kappa shape index (κ3) is 5.45. The van der Waals surface area contributed by atoms with Crippen LogP contribution in [0.3, 0.4) is 0 Å². The number of nitro groups is 1. The summed E-state index contributed by atoms with van der Waals surface area (Å²) < 4.78 is 28.5. The Kier molecular flexibility index (Phi) is 7.53. The Bertz CT molecular complexity index is 1260. The van der Waals surface area contributed by atoms with E-state index < -0.39 is 57.6 Å². The number of β-lactam (4-membered cyclic amide) rings is 1. The van der Waals surface area contributed by atoms with Crippen LogP contribution in [0.4, 0.5) is 5.69 Å². The summed E-state index contributed by atoms with van der Waals surface area (Å²) >= 11 is 0. The van der Waals surface area contributed by atoms with Crippen molar-refractivity contribution in [2.45, 2.75) is 24.1 Å². The standard InChI is InChI=1S/C24H23N3O9S/c1-14-13-37(33)23-20(25-19(28)12-35-18-9-5-16(6-10-18)27(31)32)22(29)26(23)21(14)24(30)36-11-15-3-7-17(34-2)8-4-15/h3-10,20-21,23H,1,11-13H2,2H3,(H,25,28)/t20?,21?,23-,37?/m1/s1. The maximum atomic E-state index is 12.9. The number of nitro benzene ring substituents is 1. The number of methoxy groups -OCH3 is 1. The quantitative estimate of drug-likeness (QED) is 0.165. The van der Waals surface area contributed by atoms with Gasteiger partial charge in [0.2, 0.25) is 5.91 Å². The highest BCUT2D eigenvalue weighted by Crippen LogP contribution is 2.35. The van der Waals surface area contributed by atoms with Gasteiger partial charge in [-0.25, -0.2) is 4.79 Å². The molecule has 2 aliphatic heterocycles. The lowest BCUT2D eigenvalue weighted by Gasteiger charge is -2.52. The fraction of sp³-hybridized carbons (Fsp3) is 0.292. The van der Waals surface area contributed by atoms with Gasteiger partial charge in [-0.1, -0.05) is 18.7 Å². The van der Waals surface area contributed by atoms with E-state index in [4.69, 9.17) is 14.2 Å². The Labute approximate surface area is 213 Å². The number of fused-ring (bicyclic) bond motifs is 1. The van der Waals surface area contributed by atoms with Gasteiger partial charge in [-0.2, -0.15) is 0 Å². The predicted octanol–water partition coefficient (Wildman–Crippen LogP) is 1.07. The van der Waals surface area contributed by atoms with Gasteiger partial charge in [-0.3, -0.25) is 23.9 Å². The highest BCUT2D eigenvalue weighted by molar-refractivity contribution is 7.86. The number of amides is 2. The van der Waals surface area contributed by atoms with E-state index in [-0.39, 0.29) is 29.4 Å². The molecule has 2 fully saturated rings. The van der Waals surface area contributed by atoms with E-state index in [9.17, 15) is 28.7 Å². The first-order chi connectivity index (χ1) is 17.7. The lowest BCUT2D eigenvalue weighted by Crippen LogP contribution is -2.77. The number of rotatable bonds is 9. The highest BCUT2D eigenvalue weighted by Gasteiger charge is 2.59. The number of nitrogens with one attached hydrogen (secondary N) is 1. The molecule has 4 rings (SSSR count). The first-order valence-corrected chi connectivity index (χ1v) is 12.4. The Morgan fingerprint density at radius 2 is 1.81 bits per heavy atom. The van der Waals surface area contributed by atoms with E-state index >= 15 is 0 Å². The van der Waals surface area contributed by atoms with Gasteiger partial charge < -0.3 is 24.4 Å². The Hall–Kier alpha value is -4.26. The van der Waals surface area contributed by atoms with Gasteiger partial charge in [0, 0.05) is 17.9 Å². The van der Waals surface area contributed by atoms with Gasteiger partial charge in [0.25, 0.3) is 11.6 Å². The first-order valence-electron chi connectivity index (χ1n) is 11.0. The molecule has 12 nitrogen and oxygen atoms in total. The van der Waals surface area contributed by atoms with Gasteiger partial charge in [0.05, 0.1) is 22.8 Å². The second-order valence-electron chi connectivity index (χ2n) is 8.26. The van der Waals surface area contributed by atoms with Crippen LogP contribution in [0.5, 0.6) is 11.5 Å². The summed E-state index contributed by atoms with van der Waals surface area (Å²) in [5.74, 6) is -1.10. The van der Waals surface area contributed by atoms with Crippen molar-refractivity contribution in [3.05, 3.63) is 76.4 Å². The average Bonchev–Trinajstić information content (AvgIpc) is 2.89. The van der Waals surface area contributed by atoms with Crippen molar-refractivity contribution >= 4 is 34.3 Å². The third-order valence-corrected chi connectivity index (χ3v) is 7.53. The molecule has 2 aliphatic rings. The fourth-order valence-corrected chi connectivity index (χ4v) is 5.64. The van der Waals surface area contributed by atoms with Crippen LogP contribution in [-0.2, 0) is 36.5 Å². The summed E-state index contributed by atoms with van der Waals surface area (Å²) in [5, 5.41) is 12.3. The molecule has 4 atom stereocenters. The van der Waals surface area contributed by atoms with Crippen molar-refractivity contribution in [3.8, 4) is 11.5 Å². The monoisotopic (exact) mass is 529 g/mol. The minimum atomic E-state index is -1.59. The molecule has 0 aliphatic carbocycles. The number of ether oxygens (including phenoxy) is 3. The van der Waals surface area contributed by atoms with E-state index in [0.717, 1.165) is 4.90 Å². The Balaban J connectivity index is 1.34. The Morgan fingerprint density at radius 1 is 1.16 bits per heavy atom. The molecule has 194 valence electrons. The molecule has 0 aromatic heterocycles. The van der Waals surface area contributed by atoms with Crippen LogP contribution in [-0.4, -0.2) is 68.7 Å². The molecule has 2 aromatic rings. The molecule has 0 radical (unpaired) electrons. The van der Waals surface area contributed by atoms with Gasteiger partial charge in [-0.05, 0) is 35.4 Å². The second-order valence-corrected chi connectivity index (χ2v) is 9.80. The van der Waals surface area contributed by atoms with Crippen LogP contribution < -0.4 is 14.8 Å². The van der Waals surface area contributed by atoms with E-state index in [1.165, 1.54) is 31.4 Å². The van der Waals surface area contributed by atoms with Crippen molar-refractivity contribution < 1.29 is 37.7 Å². The zero-order valence-corrected chi connectivity index (χ0v) is 20.5. The molecule has 2 amide bonds. The SMILES string of the molecule is C=C1CS(=O)[C@@H]2C(NC(=O)COc3ccc([N+](=O)[O-])cc3)C(=O)N2C1C(=O)OCc1ccc(OC)cc1. The molecule has 2 aromatic carbocycles. The summed E-state index contributed by atoms with van der Waals surface area (Å²) in [6.07, 6.45) is 0. The predicted molar refractivity (Wildman–Crippen MR) is 130 cm³/mol. The molecular formula is C24H23N3O9S. The molecule has 2 heterocycles. The molecule has 1 N–H and O–H groups in total. The number of benzene rings is 2. The molecule has 13 heteroatoms. The third-order valence-electron chi connectivity index (χ3n) is 5.84. The van der Waals surface area contributed by atoms with Crippen LogP contribution in [0, 0.1) is 10.1 Å². The molecule has 2 saturated heterocycles. The number of nitrogens with zero attached hydrogens (tertiary/aromatic N) is 2. The lowest BCUT2D eigenvalue weighted by atomic mass is 9.98. The van der Waals surface area contributed by atoms with E-state index in [0.29, 0.717) is 11.3 Å². The zero-order chi connectivity index (χ0) is 26.7. The Morgan fingerprint density at radius 3 is 2.43 bits per heavy atom. The molecular weight excluding hydrogens is 506 g/mol. The van der Waals surface area contributed by atoms with Crippen LogP contribution in [0.25, 0.3) is 0 Å². The van der Waals surface area contributed by atoms with E-state index in [1.54, 1.807) is 24.3 Å². The van der Waals surface area contributed by atoms with Gasteiger partial charge >= 0.3 is 5.97 Å². The van der Waals surface area contributed by atoms with Crippen molar-refractivity contribution in [1.29, 1.82) is 0 Å². The summed E-state index contributed by atoms with van der Waals surface area (Å²) in [6.45, 7) is 3.30. The van der Waals surface area contributed by atoms with Crippen LogP contribution >= 0.6 is 0 Å². The summed E-state index contributed by atoms with van der Waals surface area (Å²) in [4.78, 5) is 49.4. The minimum Gasteiger partial charge on any atom is -0.497 e. The normalized spacial score (nSPS) is 22.4. The molecule has 37 heavy (non-hydrogen) atoms. The number of carbonyl (C=O) groups excluding carboxylic acids is 3. The van der Waals surface area contributed by atoms with Gasteiger partial charge in [0.1, 0.15) is 29.5 Å². The number of carbonyl (C=O) groups is 3. The number of hydrogen-bond donors (Lipinski definition) is 1. The van der Waals surface area contributed by atoms with Crippen molar-refractivity contribution in [2.75, 3.05) is 19.5 Å². The first kappa shape index (κ1) is 25.8. The van der Waals surface area contributed by atoms with E-state index in [2.05, 4.69) is 11.9 Å². The smallest absolute Gasteiger partial charge is 0.333 e. The zero-order valence-electron chi connectivity index (χ0n) is 19.7. The maximum Gasteiger partial charge on any atom is 0.333 e. The van der Waals surface area contributed by atoms with Crippen molar-refractivity contribution in [3.63, 3.8) is 0 Å². The topological polar surface area (TPSA) is 154 Å². The maximum absolute atomic E-state index is 12.9. The molecule has 3 unspecified atom stereocenters. The van der Waals surface area contributed by atoms with Crippen LogP contribution in [0.2, 0.25) is 0 Å². The lowest BCUT2D eigenvalue weighted by molar-refractivity contribution is -0.384.